The smallest absolute Gasteiger partial charge is 0.320 e. The van der Waals surface area contributed by atoms with Crippen LogP contribution in [0.25, 0.3) is 0 Å². The molecule has 0 radical (unpaired) electrons. The van der Waals surface area contributed by atoms with Gasteiger partial charge in [-0.1, -0.05) is 13.3 Å². The van der Waals surface area contributed by atoms with E-state index in [-0.39, 0.29) is 0 Å². The molecule has 1 rings (SSSR count). The summed E-state index contributed by atoms with van der Waals surface area (Å²) in [7, 11) is 1.72. The first-order valence-electron chi connectivity index (χ1n) is 6.79. The predicted octanol–water partition coefficient (Wildman–Crippen LogP) is 1.56. The number of nitrogens with zero attached hydrogens (tertiary/aromatic N) is 1. The van der Waals surface area contributed by atoms with Gasteiger partial charge in [-0.15, -0.1) is 0 Å². The van der Waals surface area contributed by atoms with Gasteiger partial charge in [-0.05, 0) is 51.7 Å². The summed E-state index contributed by atoms with van der Waals surface area (Å²) in [4.78, 5) is 13.3. The van der Waals surface area contributed by atoms with E-state index >= 15 is 0 Å². The third-order valence-corrected chi connectivity index (χ3v) is 3.90. The number of carbonyl (C=O) groups is 1. The Labute approximate surface area is 104 Å². The summed E-state index contributed by atoms with van der Waals surface area (Å²) in [5, 5.41) is 11.8. The van der Waals surface area contributed by atoms with Crippen molar-refractivity contribution in [2.45, 2.75) is 45.1 Å². The van der Waals surface area contributed by atoms with Crippen molar-refractivity contribution in [3.8, 4) is 0 Å². The average molecular weight is 242 g/mol. The molecule has 0 bridgehead atoms. The quantitative estimate of drug-likeness (QED) is 0.742. The van der Waals surface area contributed by atoms with Crippen molar-refractivity contribution in [3.63, 3.8) is 0 Å². The third kappa shape index (κ3) is 5.04. The van der Waals surface area contributed by atoms with Gasteiger partial charge in [0.25, 0.3) is 0 Å². The number of likely N-dealkylation sites (N-methyl/N-ethyl adjacent to an activating group) is 1. The van der Waals surface area contributed by atoms with E-state index in [1.54, 1.807) is 7.05 Å². The highest BCUT2D eigenvalue weighted by Gasteiger charge is 2.19. The highest BCUT2D eigenvalue weighted by Crippen LogP contribution is 2.20. The number of aliphatic carboxylic acids is 1. The molecule has 1 fully saturated rings. The fourth-order valence-corrected chi connectivity index (χ4v) is 2.56. The van der Waals surface area contributed by atoms with Gasteiger partial charge in [-0.3, -0.25) is 4.79 Å². The first-order chi connectivity index (χ1) is 8.17. The summed E-state index contributed by atoms with van der Waals surface area (Å²) in [5.74, 6) is 0.133. The molecule has 2 atom stereocenters. The van der Waals surface area contributed by atoms with Crippen LogP contribution in [0, 0.1) is 5.92 Å². The summed E-state index contributed by atoms with van der Waals surface area (Å²) in [6.45, 7) is 5.43. The highest BCUT2D eigenvalue weighted by molar-refractivity contribution is 5.73. The zero-order valence-electron chi connectivity index (χ0n) is 11.1. The zero-order chi connectivity index (χ0) is 12.7. The van der Waals surface area contributed by atoms with Crippen molar-refractivity contribution >= 4 is 5.97 Å². The molecular formula is C13H26N2O2. The van der Waals surface area contributed by atoms with Gasteiger partial charge in [0, 0.05) is 6.54 Å². The Kier molecular flexibility index (Phi) is 6.52. The Morgan fingerprint density at radius 1 is 1.47 bits per heavy atom. The molecule has 17 heavy (non-hydrogen) atoms. The topological polar surface area (TPSA) is 52.6 Å². The molecular weight excluding hydrogens is 216 g/mol. The maximum Gasteiger partial charge on any atom is 0.320 e. The Balaban J connectivity index is 2.29. The molecule has 0 spiro atoms. The largest absolute Gasteiger partial charge is 0.480 e. The summed E-state index contributed by atoms with van der Waals surface area (Å²) in [5.41, 5.74) is 0. The number of rotatable bonds is 6. The molecule has 0 aromatic heterocycles. The van der Waals surface area contributed by atoms with Gasteiger partial charge < -0.3 is 15.3 Å². The van der Waals surface area contributed by atoms with E-state index in [9.17, 15) is 4.79 Å². The van der Waals surface area contributed by atoms with E-state index in [1.165, 1.54) is 25.7 Å². The molecule has 1 aliphatic rings. The lowest BCUT2D eigenvalue weighted by molar-refractivity contribution is -0.139. The lowest BCUT2D eigenvalue weighted by Gasteiger charge is -2.22. The molecule has 1 aliphatic heterocycles. The Hall–Kier alpha value is -0.610. The van der Waals surface area contributed by atoms with Gasteiger partial charge in [0.15, 0.2) is 0 Å². The molecule has 0 amide bonds. The zero-order valence-corrected chi connectivity index (χ0v) is 11.1. The van der Waals surface area contributed by atoms with Crippen molar-refractivity contribution in [2.24, 2.45) is 5.92 Å². The minimum atomic E-state index is -0.742. The minimum absolute atomic E-state index is 0.403. The van der Waals surface area contributed by atoms with Crippen LogP contribution in [0.5, 0.6) is 0 Å². The van der Waals surface area contributed by atoms with Gasteiger partial charge in [0.1, 0.15) is 6.04 Å². The van der Waals surface area contributed by atoms with Crippen LogP contribution in [-0.2, 0) is 4.79 Å². The first kappa shape index (κ1) is 14.5. The van der Waals surface area contributed by atoms with E-state index < -0.39 is 12.0 Å². The molecule has 2 N–H and O–H groups in total. The maximum atomic E-state index is 10.9. The minimum Gasteiger partial charge on any atom is -0.480 e. The highest BCUT2D eigenvalue weighted by atomic mass is 16.4. The lowest BCUT2D eigenvalue weighted by atomic mass is 9.98. The van der Waals surface area contributed by atoms with Gasteiger partial charge in [0.2, 0.25) is 0 Å². The van der Waals surface area contributed by atoms with Crippen LogP contribution >= 0.6 is 0 Å². The summed E-state index contributed by atoms with van der Waals surface area (Å²) >= 11 is 0. The van der Waals surface area contributed by atoms with Crippen LogP contribution < -0.4 is 5.32 Å². The standard InChI is InChI=1S/C13H26N2O2/c1-3-11-5-4-8-15(9-6-11)10-7-12(14-2)13(16)17/h11-12,14H,3-10H2,1-2H3,(H,16,17). The van der Waals surface area contributed by atoms with Crippen LogP contribution in [0.2, 0.25) is 0 Å². The van der Waals surface area contributed by atoms with Crippen molar-refractivity contribution < 1.29 is 9.90 Å². The fourth-order valence-electron chi connectivity index (χ4n) is 2.56. The second-order valence-electron chi connectivity index (χ2n) is 5.01. The maximum absolute atomic E-state index is 10.9. The molecule has 100 valence electrons. The second-order valence-corrected chi connectivity index (χ2v) is 5.01. The lowest BCUT2D eigenvalue weighted by Crippen LogP contribution is -2.38. The first-order valence-corrected chi connectivity index (χ1v) is 6.79. The van der Waals surface area contributed by atoms with E-state index in [2.05, 4.69) is 17.1 Å². The van der Waals surface area contributed by atoms with E-state index in [1.807, 2.05) is 0 Å². The molecule has 0 aromatic carbocycles. The molecule has 1 heterocycles. The molecule has 0 aromatic rings. The predicted molar refractivity (Wildman–Crippen MR) is 69.2 cm³/mol. The molecule has 0 aliphatic carbocycles. The van der Waals surface area contributed by atoms with E-state index in [0.717, 1.165) is 25.6 Å². The van der Waals surface area contributed by atoms with E-state index in [4.69, 9.17) is 5.11 Å². The molecule has 2 unspecified atom stereocenters. The molecule has 4 heteroatoms. The fraction of sp³-hybridized carbons (Fsp3) is 0.923. The van der Waals surface area contributed by atoms with Crippen LogP contribution in [-0.4, -0.2) is 48.7 Å². The van der Waals surface area contributed by atoms with Crippen molar-refractivity contribution in [2.75, 3.05) is 26.7 Å². The van der Waals surface area contributed by atoms with Crippen molar-refractivity contribution in [3.05, 3.63) is 0 Å². The number of hydrogen-bond donors (Lipinski definition) is 2. The van der Waals surface area contributed by atoms with Crippen LogP contribution in [0.3, 0.4) is 0 Å². The SMILES string of the molecule is CCC1CCCN(CCC(NC)C(=O)O)CC1. The molecule has 1 saturated heterocycles. The number of carboxylic acid groups (broad SMARTS) is 1. The molecule has 4 nitrogen and oxygen atoms in total. The van der Waals surface area contributed by atoms with E-state index in [0.29, 0.717) is 6.42 Å². The van der Waals surface area contributed by atoms with Crippen LogP contribution in [0.1, 0.15) is 39.0 Å². The number of hydrogen-bond acceptors (Lipinski definition) is 3. The normalized spacial score (nSPS) is 24.2. The van der Waals surface area contributed by atoms with Crippen LogP contribution in [0.4, 0.5) is 0 Å². The van der Waals surface area contributed by atoms with Crippen LogP contribution in [0.15, 0.2) is 0 Å². The van der Waals surface area contributed by atoms with Crippen molar-refractivity contribution in [1.29, 1.82) is 0 Å². The summed E-state index contributed by atoms with van der Waals surface area (Å²) < 4.78 is 0. The third-order valence-electron chi connectivity index (χ3n) is 3.90. The summed E-state index contributed by atoms with van der Waals surface area (Å²) in [6, 6.07) is -0.403. The average Bonchev–Trinajstić information content (AvgIpc) is 2.54. The monoisotopic (exact) mass is 242 g/mol. The van der Waals surface area contributed by atoms with Gasteiger partial charge in [-0.2, -0.15) is 0 Å². The second kappa shape index (κ2) is 7.67. The number of likely N-dealkylation sites (tertiary alicyclic amines) is 1. The number of carboxylic acids is 1. The van der Waals surface area contributed by atoms with Gasteiger partial charge in [0.05, 0.1) is 0 Å². The van der Waals surface area contributed by atoms with Crippen molar-refractivity contribution in [1.82, 2.24) is 10.2 Å². The Bertz CT molecular complexity index is 233. The summed E-state index contributed by atoms with van der Waals surface area (Å²) in [6.07, 6.45) is 5.84. The van der Waals surface area contributed by atoms with Gasteiger partial charge >= 0.3 is 5.97 Å². The number of nitrogens with one attached hydrogen (secondary N) is 1. The Morgan fingerprint density at radius 3 is 2.82 bits per heavy atom. The van der Waals surface area contributed by atoms with Gasteiger partial charge in [-0.25, -0.2) is 0 Å². The molecule has 0 saturated carbocycles. The Morgan fingerprint density at radius 2 is 2.24 bits per heavy atom.